The van der Waals surface area contributed by atoms with Gasteiger partial charge >= 0.3 is 0 Å². The number of hydrogen-bond donors (Lipinski definition) is 3. The van der Waals surface area contributed by atoms with Crippen molar-refractivity contribution in [2.45, 2.75) is 38.1 Å². The summed E-state index contributed by atoms with van der Waals surface area (Å²) in [5, 5.41) is 2.62. The maximum Gasteiger partial charge on any atom is 0.241 e. The zero-order chi connectivity index (χ0) is 15.3. The highest BCUT2D eigenvalue weighted by molar-refractivity contribution is 7.89. The summed E-state index contributed by atoms with van der Waals surface area (Å²) in [6, 6.07) is 4.70. The summed E-state index contributed by atoms with van der Waals surface area (Å²) in [6.45, 7) is 5.17. The van der Waals surface area contributed by atoms with Crippen LogP contribution < -0.4 is 15.8 Å². The molecular formula is C13H21N3O3S. The molecule has 0 aliphatic heterocycles. The molecule has 0 fully saturated rings. The van der Waals surface area contributed by atoms with Crippen LogP contribution in [0, 0.1) is 0 Å². The Kier molecular flexibility index (Phi) is 5.52. The first kappa shape index (κ1) is 16.5. The summed E-state index contributed by atoms with van der Waals surface area (Å²) in [7, 11) is -3.75. The molecule has 0 saturated carbocycles. The van der Waals surface area contributed by atoms with Crippen LogP contribution in [0.4, 0.5) is 5.69 Å². The van der Waals surface area contributed by atoms with Crippen LogP contribution in [-0.2, 0) is 21.2 Å². The molecule has 1 rings (SSSR count). The van der Waals surface area contributed by atoms with Crippen LogP contribution >= 0.6 is 0 Å². The van der Waals surface area contributed by atoms with E-state index < -0.39 is 10.0 Å². The van der Waals surface area contributed by atoms with Gasteiger partial charge in [-0.1, -0.05) is 13.0 Å². The summed E-state index contributed by atoms with van der Waals surface area (Å²) >= 11 is 0. The summed E-state index contributed by atoms with van der Waals surface area (Å²) in [5.74, 6) is -0.370. The van der Waals surface area contributed by atoms with E-state index in [9.17, 15) is 13.2 Å². The molecule has 1 amide bonds. The highest BCUT2D eigenvalue weighted by Crippen LogP contribution is 2.19. The molecule has 112 valence electrons. The van der Waals surface area contributed by atoms with Gasteiger partial charge in [0, 0.05) is 11.7 Å². The molecule has 0 radical (unpaired) electrons. The Bertz CT molecular complexity index is 583. The van der Waals surface area contributed by atoms with Crippen molar-refractivity contribution in [3.63, 3.8) is 0 Å². The quantitative estimate of drug-likeness (QED) is 0.671. The lowest BCUT2D eigenvalue weighted by atomic mass is 10.1. The maximum atomic E-state index is 12.2. The Morgan fingerprint density at radius 2 is 2.00 bits per heavy atom. The average Bonchev–Trinajstić information content (AvgIpc) is 2.36. The van der Waals surface area contributed by atoms with Crippen LogP contribution in [0.1, 0.15) is 26.3 Å². The molecule has 0 saturated heterocycles. The van der Waals surface area contributed by atoms with Crippen LogP contribution in [0.2, 0.25) is 0 Å². The largest absolute Gasteiger partial charge is 0.399 e. The second-order valence-electron chi connectivity index (χ2n) is 4.77. The molecule has 0 heterocycles. The van der Waals surface area contributed by atoms with Crippen LogP contribution in [0.3, 0.4) is 0 Å². The number of carbonyl (C=O) groups excluding carboxylic acids is 1. The van der Waals surface area contributed by atoms with Gasteiger partial charge in [-0.15, -0.1) is 0 Å². The van der Waals surface area contributed by atoms with Crippen molar-refractivity contribution in [3.05, 3.63) is 23.8 Å². The molecule has 0 aliphatic rings. The number of amides is 1. The van der Waals surface area contributed by atoms with Gasteiger partial charge in [0.1, 0.15) is 0 Å². The summed E-state index contributed by atoms with van der Waals surface area (Å²) in [4.78, 5) is 11.6. The van der Waals surface area contributed by atoms with Crippen LogP contribution in [0.15, 0.2) is 23.1 Å². The first-order valence-electron chi connectivity index (χ1n) is 6.43. The predicted molar refractivity (Wildman–Crippen MR) is 78.7 cm³/mol. The van der Waals surface area contributed by atoms with E-state index in [1.807, 2.05) is 6.92 Å². The van der Waals surface area contributed by atoms with Crippen molar-refractivity contribution < 1.29 is 13.2 Å². The fourth-order valence-electron chi connectivity index (χ4n) is 1.72. The van der Waals surface area contributed by atoms with Crippen molar-refractivity contribution in [2.24, 2.45) is 0 Å². The Morgan fingerprint density at radius 3 is 2.55 bits per heavy atom. The van der Waals surface area contributed by atoms with Gasteiger partial charge in [-0.3, -0.25) is 4.79 Å². The van der Waals surface area contributed by atoms with Gasteiger partial charge in [-0.25, -0.2) is 13.1 Å². The Hall–Kier alpha value is -1.60. The minimum Gasteiger partial charge on any atom is -0.399 e. The van der Waals surface area contributed by atoms with E-state index in [4.69, 9.17) is 5.73 Å². The molecule has 6 nitrogen and oxygen atoms in total. The van der Waals surface area contributed by atoms with Gasteiger partial charge in [0.05, 0.1) is 11.4 Å². The topological polar surface area (TPSA) is 101 Å². The van der Waals surface area contributed by atoms with Gasteiger partial charge in [-0.2, -0.15) is 0 Å². The van der Waals surface area contributed by atoms with Gasteiger partial charge < -0.3 is 11.1 Å². The predicted octanol–water partition coefficient (Wildman–Crippen LogP) is 0.634. The van der Waals surface area contributed by atoms with Gasteiger partial charge in [0.15, 0.2) is 0 Å². The number of nitrogens with two attached hydrogens (primary N) is 1. The third-order valence-corrected chi connectivity index (χ3v) is 4.12. The number of nitrogen functional groups attached to an aromatic ring is 1. The highest BCUT2D eigenvalue weighted by atomic mass is 32.2. The minimum absolute atomic E-state index is 0.0365. The summed E-state index contributed by atoms with van der Waals surface area (Å²) in [5.41, 5.74) is 6.66. The van der Waals surface area contributed by atoms with Crippen LogP contribution in [0.5, 0.6) is 0 Å². The molecule has 0 aromatic heterocycles. The fourth-order valence-corrected chi connectivity index (χ4v) is 3.05. The number of benzene rings is 1. The molecular weight excluding hydrogens is 278 g/mol. The van der Waals surface area contributed by atoms with Crippen molar-refractivity contribution in [3.8, 4) is 0 Å². The van der Waals surface area contributed by atoms with E-state index in [0.717, 1.165) is 0 Å². The second-order valence-corrected chi connectivity index (χ2v) is 6.50. The number of anilines is 1. The maximum absolute atomic E-state index is 12.2. The summed E-state index contributed by atoms with van der Waals surface area (Å²) in [6.07, 6.45) is 0.564. The molecule has 1 aromatic rings. The highest BCUT2D eigenvalue weighted by Gasteiger charge is 2.19. The first-order chi connectivity index (χ1) is 9.26. The number of carbonyl (C=O) groups is 1. The molecule has 0 spiro atoms. The van der Waals surface area contributed by atoms with Crippen molar-refractivity contribution in [1.29, 1.82) is 0 Å². The fraction of sp³-hybridized carbons (Fsp3) is 0.462. The number of aryl methyl sites for hydroxylation is 1. The standard InChI is InChI=1S/C13H21N3O3S/c1-4-10-5-6-11(14)7-12(10)20(18,19)15-8-13(17)16-9(2)3/h5-7,9,15H,4,8,14H2,1-3H3,(H,16,17). The molecule has 7 heteroatoms. The number of rotatable bonds is 6. The molecule has 20 heavy (non-hydrogen) atoms. The molecule has 0 unspecified atom stereocenters. The smallest absolute Gasteiger partial charge is 0.241 e. The van der Waals surface area contributed by atoms with Gasteiger partial charge in [0.25, 0.3) is 0 Å². The first-order valence-corrected chi connectivity index (χ1v) is 7.92. The van der Waals surface area contributed by atoms with E-state index in [1.54, 1.807) is 26.0 Å². The molecule has 1 aromatic carbocycles. The zero-order valence-corrected chi connectivity index (χ0v) is 12.8. The van der Waals surface area contributed by atoms with Crippen LogP contribution in [0.25, 0.3) is 0 Å². The van der Waals surface area contributed by atoms with E-state index in [-0.39, 0.29) is 23.4 Å². The molecule has 0 atom stereocenters. The van der Waals surface area contributed by atoms with Crippen molar-refractivity contribution in [1.82, 2.24) is 10.0 Å². The second kappa shape index (κ2) is 6.71. The monoisotopic (exact) mass is 299 g/mol. The molecule has 0 aliphatic carbocycles. The Labute approximate surface area is 119 Å². The van der Waals surface area contributed by atoms with Gasteiger partial charge in [0.2, 0.25) is 15.9 Å². The van der Waals surface area contributed by atoms with Gasteiger partial charge in [-0.05, 0) is 38.0 Å². The molecule has 4 N–H and O–H groups in total. The minimum atomic E-state index is -3.75. The lowest BCUT2D eigenvalue weighted by molar-refractivity contribution is -0.120. The van der Waals surface area contributed by atoms with E-state index in [2.05, 4.69) is 10.0 Å². The Balaban J connectivity index is 2.89. The van der Waals surface area contributed by atoms with Crippen molar-refractivity contribution >= 4 is 21.6 Å². The number of nitrogens with one attached hydrogen (secondary N) is 2. The average molecular weight is 299 g/mol. The Morgan fingerprint density at radius 1 is 1.35 bits per heavy atom. The molecule has 0 bridgehead atoms. The van der Waals surface area contributed by atoms with E-state index in [0.29, 0.717) is 17.7 Å². The third-order valence-electron chi connectivity index (χ3n) is 2.63. The summed E-state index contributed by atoms with van der Waals surface area (Å²) < 4.78 is 26.7. The normalized spacial score (nSPS) is 11.6. The van der Waals surface area contributed by atoms with Crippen LogP contribution in [-0.4, -0.2) is 26.9 Å². The third kappa shape index (κ3) is 4.50. The SMILES string of the molecule is CCc1ccc(N)cc1S(=O)(=O)NCC(=O)NC(C)C. The van der Waals surface area contributed by atoms with E-state index >= 15 is 0 Å². The number of hydrogen-bond acceptors (Lipinski definition) is 4. The van der Waals surface area contributed by atoms with E-state index in [1.165, 1.54) is 6.07 Å². The van der Waals surface area contributed by atoms with Crippen molar-refractivity contribution in [2.75, 3.05) is 12.3 Å². The number of sulfonamides is 1. The zero-order valence-electron chi connectivity index (χ0n) is 11.9. The lowest BCUT2D eigenvalue weighted by Gasteiger charge is -2.12. The lowest BCUT2D eigenvalue weighted by Crippen LogP contribution is -2.40.